The second-order valence-corrected chi connectivity index (χ2v) is 4.42. The third-order valence-electron chi connectivity index (χ3n) is 3.24. The van der Waals surface area contributed by atoms with Crippen molar-refractivity contribution in [3.05, 3.63) is 29.8 Å². The summed E-state index contributed by atoms with van der Waals surface area (Å²) in [5.41, 5.74) is 1.21. The Bertz CT molecular complexity index is 352. The zero-order valence-electron chi connectivity index (χ0n) is 10.6. The van der Waals surface area contributed by atoms with Crippen LogP contribution in [0.1, 0.15) is 31.4 Å². The Morgan fingerprint density at radius 1 is 1.47 bits per heavy atom. The Balaban J connectivity index is 2.05. The summed E-state index contributed by atoms with van der Waals surface area (Å²) in [4.78, 5) is 0. The lowest BCUT2D eigenvalue weighted by Gasteiger charge is -2.30. The first-order valence-electron chi connectivity index (χ1n) is 6.32. The van der Waals surface area contributed by atoms with E-state index >= 15 is 0 Å². The van der Waals surface area contributed by atoms with E-state index in [1.807, 2.05) is 12.1 Å². The average Bonchev–Trinajstić information content (AvgIpc) is 2.40. The lowest BCUT2D eigenvalue weighted by Crippen LogP contribution is -2.35. The summed E-state index contributed by atoms with van der Waals surface area (Å²) in [6.07, 6.45) is 2.35. The SMILES string of the molecule is CCNC1CCOC(c2cccc(OC)c2)C1. The third-order valence-corrected chi connectivity index (χ3v) is 3.24. The van der Waals surface area contributed by atoms with Gasteiger partial charge >= 0.3 is 0 Å². The zero-order chi connectivity index (χ0) is 12.1. The number of nitrogens with one attached hydrogen (secondary N) is 1. The van der Waals surface area contributed by atoms with E-state index in [2.05, 4.69) is 24.4 Å². The summed E-state index contributed by atoms with van der Waals surface area (Å²) in [5, 5.41) is 3.50. The molecule has 17 heavy (non-hydrogen) atoms. The number of hydrogen-bond donors (Lipinski definition) is 1. The van der Waals surface area contributed by atoms with Crippen LogP contribution in [-0.2, 0) is 4.74 Å². The minimum absolute atomic E-state index is 0.197. The molecular formula is C14H21NO2. The lowest BCUT2D eigenvalue weighted by molar-refractivity contribution is 0.000495. The Hall–Kier alpha value is -1.06. The molecule has 0 spiro atoms. The molecule has 0 aliphatic carbocycles. The van der Waals surface area contributed by atoms with Crippen molar-refractivity contribution in [1.82, 2.24) is 5.32 Å². The fourth-order valence-electron chi connectivity index (χ4n) is 2.35. The van der Waals surface area contributed by atoms with E-state index in [4.69, 9.17) is 9.47 Å². The largest absolute Gasteiger partial charge is 0.497 e. The topological polar surface area (TPSA) is 30.5 Å². The van der Waals surface area contributed by atoms with Gasteiger partial charge in [0.15, 0.2) is 0 Å². The molecule has 2 unspecified atom stereocenters. The first-order chi connectivity index (χ1) is 8.33. The second kappa shape index (κ2) is 6.03. The van der Waals surface area contributed by atoms with Crippen LogP contribution in [0.2, 0.25) is 0 Å². The predicted octanol–water partition coefficient (Wildman–Crippen LogP) is 2.52. The van der Waals surface area contributed by atoms with Crippen molar-refractivity contribution in [2.45, 2.75) is 31.9 Å². The maximum atomic E-state index is 5.84. The van der Waals surface area contributed by atoms with Crippen LogP contribution in [-0.4, -0.2) is 26.3 Å². The van der Waals surface area contributed by atoms with Crippen molar-refractivity contribution in [3.63, 3.8) is 0 Å². The van der Waals surface area contributed by atoms with Gasteiger partial charge in [0.25, 0.3) is 0 Å². The fourth-order valence-corrected chi connectivity index (χ4v) is 2.35. The quantitative estimate of drug-likeness (QED) is 0.870. The van der Waals surface area contributed by atoms with Crippen molar-refractivity contribution in [2.75, 3.05) is 20.3 Å². The first-order valence-corrected chi connectivity index (χ1v) is 6.32. The molecule has 0 radical (unpaired) electrons. The summed E-state index contributed by atoms with van der Waals surface area (Å²) in [6, 6.07) is 8.74. The molecule has 1 saturated heterocycles. The molecule has 0 saturated carbocycles. The van der Waals surface area contributed by atoms with Gasteiger partial charge in [0.1, 0.15) is 5.75 Å². The van der Waals surface area contributed by atoms with Crippen LogP contribution < -0.4 is 10.1 Å². The van der Waals surface area contributed by atoms with Gasteiger partial charge in [0, 0.05) is 12.6 Å². The van der Waals surface area contributed by atoms with E-state index < -0.39 is 0 Å². The maximum absolute atomic E-state index is 5.84. The molecule has 1 aliphatic heterocycles. The molecule has 1 aromatic carbocycles. The highest BCUT2D eigenvalue weighted by atomic mass is 16.5. The maximum Gasteiger partial charge on any atom is 0.119 e. The van der Waals surface area contributed by atoms with Gasteiger partial charge in [-0.25, -0.2) is 0 Å². The van der Waals surface area contributed by atoms with Gasteiger partial charge in [-0.2, -0.15) is 0 Å². The highest BCUT2D eigenvalue weighted by molar-refractivity contribution is 5.30. The molecule has 1 aliphatic rings. The molecule has 1 fully saturated rings. The van der Waals surface area contributed by atoms with Gasteiger partial charge in [-0.1, -0.05) is 19.1 Å². The minimum Gasteiger partial charge on any atom is -0.497 e. The lowest BCUT2D eigenvalue weighted by atomic mass is 9.97. The molecule has 2 atom stereocenters. The van der Waals surface area contributed by atoms with E-state index in [-0.39, 0.29) is 6.10 Å². The number of benzene rings is 1. The van der Waals surface area contributed by atoms with E-state index in [1.54, 1.807) is 7.11 Å². The standard InChI is InChI=1S/C14H21NO2/c1-3-15-12-7-8-17-14(10-12)11-5-4-6-13(9-11)16-2/h4-6,9,12,14-15H,3,7-8,10H2,1-2H3. The highest BCUT2D eigenvalue weighted by Gasteiger charge is 2.23. The van der Waals surface area contributed by atoms with Gasteiger partial charge in [0.05, 0.1) is 13.2 Å². The molecule has 1 heterocycles. The molecule has 3 heteroatoms. The van der Waals surface area contributed by atoms with Crippen LogP contribution in [0.3, 0.4) is 0 Å². The summed E-state index contributed by atoms with van der Waals surface area (Å²) in [5.74, 6) is 0.900. The molecular weight excluding hydrogens is 214 g/mol. The van der Waals surface area contributed by atoms with Crippen LogP contribution in [0.25, 0.3) is 0 Å². The Morgan fingerprint density at radius 3 is 3.12 bits per heavy atom. The predicted molar refractivity (Wildman–Crippen MR) is 68.4 cm³/mol. The van der Waals surface area contributed by atoms with Gasteiger partial charge in [-0.3, -0.25) is 0 Å². The van der Waals surface area contributed by atoms with Crippen LogP contribution in [0.5, 0.6) is 5.75 Å². The molecule has 0 bridgehead atoms. The number of hydrogen-bond acceptors (Lipinski definition) is 3. The zero-order valence-corrected chi connectivity index (χ0v) is 10.6. The smallest absolute Gasteiger partial charge is 0.119 e. The van der Waals surface area contributed by atoms with Crippen molar-refractivity contribution in [3.8, 4) is 5.75 Å². The molecule has 94 valence electrons. The normalized spacial score (nSPS) is 24.6. The molecule has 1 aromatic rings. The van der Waals surface area contributed by atoms with E-state index in [1.165, 1.54) is 5.56 Å². The van der Waals surface area contributed by atoms with Gasteiger partial charge < -0.3 is 14.8 Å². The Labute approximate surface area is 103 Å². The average molecular weight is 235 g/mol. The highest BCUT2D eigenvalue weighted by Crippen LogP contribution is 2.29. The van der Waals surface area contributed by atoms with E-state index in [9.17, 15) is 0 Å². The molecule has 3 nitrogen and oxygen atoms in total. The van der Waals surface area contributed by atoms with Crippen LogP contribution in [0, 0.1) is 0 Å². The van der Waals surface area contributed by atoms with E-state index in [0.29, 0.717) is 6.04 Å². The van der Waals surface area contributed by atoms with Crippen molar-refractivity contribution in [1.29, 1.82) is 0 Å². The monoisotopic (exact) mass is 235 g/mol. The minimum atomic E-state index is 0.197. The second-order valence-electron chi connectivity index (χ2n) is 4.42. The summed E-state index contributed by atoms with van der Waals surface area (Å²) in [7, 11) is 1.70. The number of methoxy groups -OCH3 is 1. The molecule has 1 N–H and O–H groups in total. The van der Waals surface area contributed by atoms with Crippen molar-refractivity contribution >= 4 is 0 Å². The van der Waals surface area contributed by atoms with Crippen LogP contribution in [0.4, 0.5) is 0 Å². The van der Waals surface area contributed by atoms with E-state index in [0.717, 1.165) is 31.7 Å². The fraction of sp³-hybridized carbons (Fsp3) is 0.571. The number of ether oxygens (including phenoxy) is 2. The summed E-state index contributed by atoms with van der Waals surface area (Å²) < 4.78 is 11.1. The summed E-state index contributed by atoms with van der Waals surface area (Å²) in [6.45, 7) is 4.01. The Morgan fingerprint density at radius 2 is 2.35 bits per heavy atom. The van der Waals surface area contributed by atoms with Crippen molar-refractivity contribution in [2.24, 2.45) is 0 Å². The Kier molecular flexibility index (Phi) is 4.40. The molecule has 0 aromatic heterocycles. The van der Waals surface area contributed by atoms with Crippen molar-refractivity contribution < 1.29 is 9.47 Å². The molecule has 0 amide bonds. The number of rotatable bonds is 4. The van der Waals surface area contributed by atoms with Crippen LogP contribution in [0.15, 0.2) is 24.3 Å². The van der Waals surface area contributed by atoms with Gasteiger partial charge in [-0.05, 0) is 37.1 Å². The summed E-state index contributed by atoms with van der Waals surface area (Å²) >= 11 is 0. The first kappa shape index (κ1) is 12.4. The van der Waals surface area contributed by atoms with Crippen LogP contribution >= 0.6 is 0 Å². The third kappa shape index (κ3) is 3.20. The van der Waals surface area contributed by atoms with Gasteiger partial charge in [0.2, 0.25) is 0 Å². The molecule has 2 rings (SSSR count). The van der Waals surface area contributed by atoms with Gasteiger partial charge in [-0.15, -0.1) is 0 Å².